The van der Waals surface area contributed by atoms with Gasteiger partial charge in [0, 0.05) is 25.5 Å². The molecule has 3 aromatic rings. The Kier molecular flexibility index (Phi) is 8.14. The predicted molar refractivity (Wildman–Crippen MR) is 137 cm³/mol. The summed E-state index contributed by atoms with van der Waals surface area (Å²) in [5.41, 5.74) is 1.72. The van der Waals surface area contributed by atoms with E-state index in [2.05, 4.69) is 15.5 Å². The van der Waals surface area contributed by atoms with Crippen LogP contribution >= 0.6 is 0 Å². The van der Waals surface area contributed by atoms with Gasteiger partial charge in [0.2, 0.25) is 11.8 Å². The molecule has 1 aliphatic heterocycles. The van der Waals surface area contributed by atoms with Crippen molar-refractivity contribution < 1.29 is 45.2 Å². The van der Waals surface area contributed by atoms with E-state index in [1.807, 2.05) is 12.2 Å². The maximum absolute atomic E-state index is 14.0. The van der Waals surface area contributed by atoms with Gasteiger partial charge in [-0.3, -0.25) is 4.79 Å². The van der Waals surface area contributed by atoms with E-state index < -0.39 is 54.6 Å². The highest BCUT2D eigenvalue weighted by molar-refractivity contribution is 5.93. The van der Waals surface area contributed by atoms with Crippen LogP contribution in [0.4, 0.5) is 26.7 Å². The Hall–Kier alpha value is -3.75. The number of benzene rings is 1. The van der Waals surface area contributed by atoms with Gasteiger partial charge in [0.05, 0.1) is 19.2 Å². The molecule has 0 radical (unpaired) electrons. The van der Waals surface area contributed by atoms with Gasteiger partial charge in [-0.05, 0) is 42.9 Å². The molecule has 0 bridgehead atoms. The molecule has 3 heterocycles. The zero-order valence-corrected chi connectivity index (χ0v) is 22.8. The number of hydrogen-bond acceptors (Lipinski definition) is 7. The summed E-state index contributed by atoms with van der Waals surface area (Å²) in [6, 6.07) is 0.0987. The molecule has 1 aliphatic carbocycles. The molecule has 3 atom stereocenters. The lowest BCUT2D eigenvalue weighted by Crippen LogP contribution is -2.40. The molecule has 0 unspecified atom stereocenters. The minimum atomic E-state index is -4.61. The van der Waals surface area contributed by atoms with E-state index in [4.69, 9.17) is 13.7 Å². The van der Waals surface area contributed by atoms with Crippen molar-refractivity contribution in [2.45, 2.75) is 69.3 Å². The average molecular weight is 600 g/mol. The van der Waals surface area contributed by atoms with Crippen molar-refractivity contribution in [3.63, 3.8) is 0 Å². The zero-order valence-electron chi connectivity index (χ0n) is 22.8. The van der Waals surface area contributed by atoms with Crippen molar-refractivity contribution in [3.05, 3.63) is 47.2 Å². The zero-order chi connectivity index (χ0) is 30.2. The van der Waals surface area contributed by atoms with Crippen molar-refractivity contribution in [3.8, 4) is 0 Å². The topological polar surface area (TPSA) is 123 Å². The van der Waals surface area contributed by atoms with E-state index in [1.165, 1.54) is 13.4 Å². The summed E-state index contributed by atoms with van der Waals surface area (Å²) in [5, 5.41) is 8.58. The molecular weight excluding hydrogens is 569 g/mol. The van der Waals surface area contributed by atoms with Crippen molar-refractivity contribution in [2.75, 3.05) is 20.3 Å². The number of methoxy groups -OCH3 is 1. The van der Waals surface area contributed by atoms with Crippen LogP contribution in [-0.4, -0.2) is 65.4 Å². The summed E-state index contributed by atoms with van der Waals surface area (Å²) in [6.45, 7) is 1.15. The molecule has 1 aromatic carbocycles. The van der Waals surface area contributed by atoms with Gasteiger partial charge in [0.15, 0.2) is 11.3 Å². The summed E-state index contributed by atoms with van der Waals surface area (Å²) in [6.07, 6.45) is -3.25. The number of halogens is 5. The summed E-state index contributed by atoms with van der Waals surface area (Å²) in [4.78, 5) is 31.2. The predicted octanol–water partition coefficient (Wildman–Crippen LogP) is 5.32. The van der Waals surface area contributed by atoms with Gasteiger partial charge in [-0.1, -0.05) is 18.1 Å². The van der Waals surface area contributed by atoms with E-state index in [-0.39, 0.29) is 43.9 Å². The molecular formula is C27H30F5N5O5. The lowest BCUT2D eigenvalue weighted by atomic mass is 9.82. The highest BCUT2D eigenvalue weighted by Gasteiger charge is 2.48. The first kappa shape index (κ1) is 29.7. The number of aromatic nitrogens is 2. The molecule has 2 N–H and O–H groups in total. The minimum absolute atomic E-state index is 0.0745. The van der Waals surface area contributed by atoms with Crippen molar-refractivity contribution in [1.29, 1.82) is 0 Å². The summed E-state index contributed by atoms with van der Waals surface area (Å²) >= 11 is 0. The minimum Gasteiger partial charge on any atom is -0.438 e. The molecule has 15 heteroatoms. The second-order valence-corrected chi connectivity index (χ2v) is 10.6. The van der Waals surface area contributed by atoms with E-state index in [0.29, 0.717) is 28.6 Å². The number of fused-ring (bicyclic) bond motifs is 1. The fraction of sp³-hybridized carbons (Fsp3) is 0.556. The number of ether oxygens (including phenoxy) is 1. The number of amides is 3. The molecule has 1 saturated carbocycles. The van der Waals surface area contributed by atoms with Crippen LogP contribution in [0.1, 0.15) is 72.2 Å². The number of rotatable bonds is 9. The summed E-state index contributed by atoms with van der Waals surface area (Å²) in [5.74, 6) is -3.68. The quantitative estimate of drug-likeness (QED) is 0.319. The van der Waals surface area contributed by atoms with Crippen LogP contribution in [0.2, 0.25) is 0 Å². The number of nitrogens with one attached hydrogen (secondary N) is 2. The highest BCUT2D eigenvalue weighted by atomic mass is 19.4. The van der Waals surface area contributed by atoms with Crippen molar-refractivity contribution >= 4 is 23.0 Å². The highest BCUT2D eigenvalue weighted by Crippen LogP contribution is 2.42. The van der Waals surface area contributed by atoms with E-state index in [9.17, 15) is 31.5 Å². The Morgan fingerprint density at radius 2 is 2.02 bits per heavy atom. The molecule has 3 amide bonds. The van der Waals surface area contributed by atoms with Crippen LogP contribution < -0.4 is 10.6 Å². The lowest BCUT2D eigenvalue weighted by molar-refractivity contribution is -0.150. The molecule has 1 saturated heterocycles. The van der Waals surface area contributed by atoms with Gasteiger partial charge in [0.1, 0.15) is 23.9 Å². The normalized spacial score (nSPS) is 21.0. The Labute approximate surface area is 236 Å². The second-order valence-electron chi connectivity index (χ2n) is 10.6. The third-order valence-electron chi connectivity index (χ3n) is 7.87. The monoisotopic (exact) mass is 599 g/mol. The average Bonchev–Trinajstić information content (AvgIpc) is 3.68. The molecule has 2 aromatic heterocycles. The first-order chi connectivity index (χ1) is 19.9. The van der Waals surface area contributed by atoms with E-state index in [1.54, 1.807) is 18.2 Å². The molecule has 10 nitrogen and oxygen atoms in total. The Morgan fingerprint density at radius 3 is 2.67 bits per heavy atom. The van der Waals surface area contributed by atoms with Gasteiger partial charge in [0.25, 0.3) is 5.91 Å². The van der Waals surface area contributed by atoms with Gasteiger partial charge in [-0.15, -0.1) is 0 Å². The smallest absolute Gasteiger partial charge is 0.410 e. The van der Waals surface area contributed by atoms with E-state index >= 15 is 0 Å². The fourth-order valence-corrected chi connectivity index (χ4v) is 5.52. The number of urea groups is 1. The number of oxazole rings is 1. The third-order valence-corrected chi connectivity index (χ3v) is 7.87. The van der Waals surface area contributed by atoms with Crippen LogP contribution in [0, 0.1) is 5.92 Å². The third kappa shape index (κ3) is 6.05. The van der Waals surface area contributed by atoms with Gasteiger partial charge in [-0.25, -0.2) is 18.6 Å². The maximum atomic E-state index is 14.0. The number of carbonyl (C=O) groups excluding carboxylic acids is 2. The van der Waals surface area contributed by atoms with Crippen LogP contribution in [0.5, 0.6) is 0 Å². The molecule has 2 aliphatic rings. The number of carbonyl (C=O) groups is 2. The van der Waals surface area contributed by atoms with Gasteiger partial charge in [-0.2, -0.15) is 13.2 Å². The molecule has 0 spiro atoms. The first-order valence-corrected chi connectivity index (χ1v) is 13.5. The van der Waals surface area contributed by atoms with Crippen molar-refractivity contribution in [1.82, 2.24) is 25.7 Å². The number of nitrogens with zero attached hydrogens (tertiary/aromatic N) is 3. The largest absolute Gasteiger partial charge is 0.438 e. The molecule has 42 heavy (non-hydrogen) atoms. The molecule has 228 valence electrons. The van der Waals surface area contributed by atoms with E-state index in [0.717, 1.165) is 4.90 Å². The summed E-state index contributed by atoms with van der Waals surface area (Å²) in [7, 11) is 1.37. The second kappa shape index (κ2) is 11.5. The van der Waals surface area contributed by atoms with Crippen LogP contribution in [-0.2, 0) is 11.2 Å². The Morgan fingerprint density at radius 1 is 1.29 bits per heavy atom. The van der Waals surface area contributed by atoms with Crippen LogP contribution in [0.3, 0.4) is 0 Å². The van der Waals surface area contributed by atoms with Crippen LogP contribution in [0.15, 0.2) is 33.4 Å². The number of alkyl halides is 5. The Balaban J connectivity index is 1.45. The van der Waals surface area contributed by atoms with Gasteiger partial charge >= 0.3 is 12.2 Å². The van der Waals surface area contributed by atoms with Crippen molar-refractivity contribution in [2.24, 2.45) is 5.92 Å². The summed E-state index contributed by atoms with van der Waals surface area (Å²) < 4.78 is 84.0. The first-order valence-electron chi connectivity index (χ1n) is 13.5. The standard InChI is InChI=1S/C27H30F5N5O5/c1-3-14-12-41-36-21(14)23(38)35-22(15-6-8-26(28,29)9-7-15)24-33-17-10-16(4-5-19(17)42-24)18(13-40-2)37-11-20(27(30,31)32)34-25(37)39/h4-5,10,12,15,18,20,22H,3,6-9,11,13H2,1-2H3,(H,34,39)(H,35,38)/t18-,20+,22+/m1/s1. The SMILES string of the molecule is CCc1conc1C(=O)N[C@H](c1nc2cc([C@@H](COC)N3C[C@@H](C(F)(F)F)NC3=O)ccc2o1)C1CCC(F)(F)CC1. The lowest BCUT2D eigenvalue weighted by Gasteiger charge is -2.32. The number of hydrogen-bond donors (Lipinski definition) is 2. The Bertz CT molecular complexity index is 1430. The van der Waals surface area contributed by atoms with Gasteiger partial charge < -0.3 is 29.2 Å². The molecule has 5 rings (SSSR count). The maximum Gasteiger partial charge on any atom is 0.410 e. The fourth-order valence-electron chi connectivity index (χ4n) is 5.52. The number of aryl methyl sites for hydroxylation is 1. The van der Waals surface area contributed by atoms with Crippen LogP contribution in [0.25, 0.3) is 11.1 Å². The molecule has 2 fully saturated rings.